The molecule has 0 bridgehead atoms. The number of hydrogen-bond donors (Lipinski definition) is 2. The lowest BCUT2D eigenvalue weighted by atomic mass is 10.1. The van der Waals surface area contributed by atoms with Crippen LogP contribution in [0.25, 0.3) is 10.9 Å². The van der Waals surface area contributed by atoms with Gasteiger partial charge in [0.05, 0.1) is 11.6 Å². The molecule has 0 aliphatic heterocycles. The molecular weight excluding hydrogens is 238 g/mol. The number of pyridine rings is 1. The maximum atomic E-state index is 9.32. The Hall–Kier alpha value is -1.65. The van der Waals surface area contributed by atoms with Gasteiger partial charge in [-0.05, 0) is 44.2 Å². The number of anilines is 1. The zero-order valence-electron chi connectivity index (χ0n) is 11.5. The van der Waals surface area contributed by atoms with Crippen molar-refractivity contribution in [3.05, 3.63) is 36.0 Å². The highest BCUT2D eigenvalue weighted by atomic mass is 16.3. The minimum Gasteiger partial charge on any atom is -0.398 e. The average molecular weight is 259 g/mol. The van der Waals surface area contributed by atoms with E-state index in [-0.39, 0.29) is 6.10 Å². The van der Waals surface area contributed by atoms with Crippen LogP contribution >= 0.6 is 0 Å². The number of benzene rings is 1. The van der Waals surface area contributed by atoms with Crippen LogP contribution in [0.1, 0.15) is 18.9 Å². The van der Waals surface area contributed by atoms with Crippen molar-refractivity contribution in [1.82, 2.24) is 9.88 Å². The smallest absolute Gasteiger partial charge is 0.0767 e. The maximum Gasteiger partial charge on any atom is 0.0767 e. The lowest BCUT2D eigenvalue weighted by Gasteiger charge is -2.18. The third kappa shape index (κ3) is 3.43. The molecule has 4 heteroatoms. The molecule has 19 heavy (non-hydrogen) atoms. The predicted molar refractivity (Wildman–Crippen MR) is 78.8 cm³/mol. The van der Waals surface area contributed by atoms with Crippen LogP contribution in [0.5, 0.6) is 0 Å². The summed E-state index contributed by atoms with van der Waals surface area (Å²) in [6.07, 6.45) is 2.31. The largest absolute Gasteiger partial charge is 0.398 e. The molecule has 1 unspecified atom stereocenters. The second-order valence-electron chi connectivity index (χ2n) is 5.09. The van der Waals surface area contributed by atoms with E-state index in [1.165, 1.54) is 0 Å². The van der Waals surface area contributed by atoms with Gasteiger partial charge in [0.15, 0.2) is 0 Å². The standard InChI is InChI=1S/C15H21N3O/c1-11(19)7-9-18(2)10-12-5-6-14(16)13-4-3-8-17-15(12)13/h3-6,8,11,19H,7,9-10,16H2,1-2H3. The van der Waals surface area contributed by atoms with Gasteiger partial charge in [0, 0.05) is 30.4 Å². The Morgan fingerprint density at radius 3 is 2.89 bits per heavy atom. The third-order valence-corrected chi connectivity index (χ3v) is 3.26. The van der Waals surface area contributed by atoms with Crippen molar-refractivity contribution in [1.29, 1.82) is 0 Å². The van der Waals surface area contributed by atoms with Gasteiger partial charge < -0.3 is 15.7 Å². The Kier molecular flexibility index (Phi) is 4.35. The molecule has 4 nitrogen and oxygen atoms in total. The summed E-state index contributed by atoms with van der Waals surface area (Å²) in [6, 6.07) is 7.86. The van der Waals surface area contributed by atoms with E-state index in [0.29, 0.717) is 0 Å². The second-order valence-corrected chi connectivity index (χ2v) is 5.09. The fourth-order valence-corrected chi connectivity index (χ4v) is 2.16. The number of nitrogen functional groups attached to an aromatic ring is 1. The molecule has 0 aliphatic rings. The van der Waals surface area contributed by atoms with Crippen LogP contribution in [0.3, 0.4) is 0 Å². The first kappa shape index (κ1) is 13.8. The predicted octanol–water partition coefficient (Wildman–Crippen LogP) is 2.02. The van der Waals surface area contributed by atoms with Gasteiger partial charge in [-0.2, -0.15) is 0 Å². The van der Waals surface area contributed by atoms with Gasteiger partial charge in [0.2, 0.25) is 0 Å². The van der Waals surface area contributed by atoms with E-state index >= 15 is 0 Å². The van der Waals surface area contributed by atoms with Crippen LogP contribution in [-0.2, 0) is 6.54 Å². The zero-order chi connectivity index (χ0) is 13.8. The molecule has 102 valence electrons. The van der Waals surface area contributed by atoms with Crippen molar-refractivity contribution >= 4 is 16.6 Å². The van der Waals surface area contributed by atoms with E-state index in [4.69, 9.17) is 5.73 Å². The van der Waals surface area contributed by atoms with Gasteiger partial charge >= 0.3 is 0 Å². The summed E-state index contributed by atoms with van der Waals surface area (Å²) in [5.41, 5.74) is 8.86. The summed E-state index contributed by atoms with van der Waals surface area (Å²) in [5.74, 6) is 0. The highest BCUT2D eigenvalue weighted by Gasteiger charge is 2.08. The molecular formula is C15H21N3O. The van der Waals surface area contributed by atoms with Crippen LogP contribution in [0.15, 0.2) is 30.5 Å². The van der Waals surface area contributed by atoms with E-state index < -0.39 is 0 Å². The van der Waals surface area contributed by atoms with Crippen LogP contribution in [-0.4, -0.2) is 34.7 Å². The molecule has 0 saturated carbocycles. The molecule has 0 fully saturated rings. The molecule has 0 aliphatic carbocycles. The number of rotatable bonds is 5. The SMILES string of the molecule is CC(O)CCN(C)Cc1ccc(N)c2cccnc12. The number of aliphatic hydroxyl groups excluding tert-OH is 1. The number of nitrogens with zero attached hydrogens (tertiary/aromatic N) is 2. The van der Waals surface area contributed by atoms with Gasteiger partial charge in [-0.1, -0.05) is 6.07 Å². The van der Waals surface area contributed by atoms with Crippen LogP contribution < -0.4 is 5.73 Å². The molecule has 2 rings (SSSR count). The molecule has 1 heterocycles. The van der Waals surface area contributed by atoms with E-state index in [1.807, 2.05) is 38.2 Å². The second kappa shape index (κ2) is 5.99. The van der Waals surface area contributed by atoms with E-state index in [9.17, 15) is 5.11 Å². The van der Waals surface area contributed by atoms with Crippen LogP contribution in [0.2, 0.25) is 0 Å². The highest BCUT2D eigenvalue weighted by molar-refractivity contribution is 5.92. The van der Waals surface area contributed by atoms with Gasteiger partial charge in [0.1, 0.15) is 0 Å². The minimum absolute atomic E-state index is 0.260. The third-order valence-electron chi connectivity index (χ3n) is 3.26. The van der Waals surface area contributed by atoms with E-state index in [1.54, 1.807) is 6.20 Å². The number of aliphatic hydroxyl groups is 1. The minimum atomic E-state index is -0.260. The molecule has 0 saturated heterocycles. The molecule has 2 aromatic rings. The van der Waals surface area contributed by atoms with Gasteiger partial charge in [-0.25, -0.2) is 0 Å². The molecule has 1 aromatic carbocycles. The summed E-state index contributed by atoms with van der Waals surface area (Å²) in [4.78, 5) is 6.62. The fraction of sp³-hybridized carbons (Fsp3) is 0.400. The molecule has 1 atom stereocenters. The highest BCUT2D eigenvalue weighted by Crippen LogP contribution is 2.23. The van der Waals surface area contributed by atoms with Gasteiger partial charge in [-0.15, -0.1) is 0 Å². The zero-order valence-corrected chi connectivity index (χ0v) is 11.5. The quantitative estimate of drug-likeness (QED) is 0.806. The van der Waals surface area contributed by atoms with E-state index in [2.05, 4.69) is 9.88 Å². The van der Waals surface area contributed by atoms with Crippen LogP contribution in [0.4, 0.5) is 5.69 Å². The van der Waals surface area contributed by atoms with Crippen molar-refractivity contribution in [2.24, 2.45) is 0 Å². The molecule has 0 spiro atoms. The summed E-state index contributed by atoms with van der Waals surface area (Å²) >= 11 is 0. The summed E-state index contributed by atoms with van der Waals surface area (Å²) < 4.78 is 0. The number of hydrogen-bond acceptors (Lipinski definition) is 4. The Morgan fingerprint density at radius 2 is 2.16 bits per heavy atom. The first-order chi connectivity index (χ1) is 9.08. The van der Waals surface area contributed by atoms with Crippen LogP contribution in [0, 0.1) is 0 Å². The average Bonchev–Trinajstić information content (AvgIpc) is 2.40. The Balaban J connectivity index is 2.19. The summed E-state index contributed by atoms with van der Waals surface area (Å²) in [6.45, 7) is 3.48. The fourth-order valence-electron chi connectivity index (χ4n) is 2.16. The van der Waals surface area contributed by atoms with Gasteiger partial charge in [-0.3, -0.25) is 4.98 Å². The molecule has 0 amide bonds. The summed E-state index contributed by atoms with van der Waals surface area (Å²) in [7, 11) is 2.05. The number of fused-ring (bicyclic) bond motifs is 1. The van der Waals surface area contributed by atoms with Crippen molar-refractivity contribution in [2.75, 3.05) is 19.3 Å². The maximum absolute atomic E-state index is 9.32. The monoisotopic (exact) mass is 259 g/mol. The normalized spacial score (nSPS) is 13.1. The molecule has 0 radical (unpaired) electrons. The first-order valence-corrected chi connectivity index (χ1v) is 6.56. The first-order valence-electron chi connectivity index (χ1n) is 6.56. The Bertz CT molecular complexity index is 554. The Labute approximate surface area is 113 Å². The topological polar surface area (TPSA) is 62.4 Å². The van der Waals surface area contributed by atoms with Gasteiger partial charge in [0.25, 0.3) is 0 Å². The Morgan fingerprint density at radius 1 is 1.37 bits per heavy atom. The molecule has 1 aromatic heterocycles. The van der Waals surface area contributed by atoms with E-state index in [0.717, 1.165) is 41.7 Å². The summed E-state index contributed by atoms with van der Waals surface area (Å²) in [5, 5.41) is 10.3. The van der Waals surface area contributed by atoms with Crippen molar-refractivity contribution < 1.29 is 5.11 Å². The van der Waals surface area contributed by atoms with Crippen molar-refractivity contribution in [3.63, 3.8) is 0 Å². The number of aromatic nitrogens is 1. The molecule has 3 N–H and O–H groups in total. The van der Waals surface area contributed by atoms with Crippen molar-refractivity contribution in [2.45, 2.75) is 26.0 Å². The lowest BCUT2D eigenvalue weighted by molar-refractivity contribution is 0.163. The number of nitrogens with two attached hydrogens (primary N) is 1. The lowest BCUT2D eigenvalue weighted by Crippen LogP contribution is -2.22. The van der Waals surface area contributed by atoms with Crippen molar-refractivity contribution in [3.8, 4) is 0 Å².